The van der Waals surface area contributed by atoms with Crippen molar-refractivity contribution in [1.29, 1.82) is 0 Å². The van der Waals surface area contributed by atoms with E-state index in [-0.39, 0.29) is 5.91 Å². The van der Waals surface area contributed by atoms with Gasteiger partial charge in [-0.05, 0) is 36.8 Å². The predicted octanol–water partition coefficient (Wildman–Crippen LogP) is 4.25. The summed E-state index contributed by atoms with van der Waals surface area (Å²) in [4.78, 5) is 12.2. The highest BCUT2D eigenvalue weighted by Gasteiger charge is 2.12. The van der Waals surface area contributed by atoms with Crippen LogP contribution in [0.25, 0.3) is 0 Å². The van der Waals surface area contributed by atoms with Crippen molar-refractivity contribution in [3.63, 3.8) is 0 Å². The van der Waals surface area contributed by atoms with Gasteiger partial charge < -0.3 is 11.1 Å². The Morgan fingerprint density at radius 3 is 2.79 bits per heavy atom. The first kappa shape index (κ1) is 13.9. The number of hydrogen-bond donors (Lipinski definition) is 2. The van der Waals surface area contributed by atoms with E-state index in [1.807, 2.05) is 13.0 Å². The Bertz CT molecular complexity index is 643. The largest absolute Gasteiger partial charge is 0.398 e. The molecule has 0 radical (unpaired) electrons. The average molecular weight is 340 g/mol. The molecule has 2 aromatic rings. The van der Waals surface area contributed by atoms with E-state index in [0.717, 1.165) is 10.0 Å². The molecule has 0 saturated heterocycles. The summed E-state index contributed by atoms with van der Waals surface area (Å²) < 4.78 is 0.837. The number of carbonyl (C=O) groups excluding carboxylic acids is 1. The number of nitrogens with one attached hydrogen (secondary N) is 1. The highest BCUT2D eigenvalue weighted by Crippen LogP contribution is 2.27. The quantitative estimate of drug-likeness (QED) is 0.804. The topological polar surface area (TPSA) is 55.1 Å². The van der Waals surface area contributed by atoms with Crippen molar-refractivity contribution in [3.05, 3.63) is 57.0 Å². The van der Waals surface area contributed by atoms with Crippen molar-refractivity contribution in [2.75, 3.05) is 11.1 Å². The van der Waals surface area contributed by atoms with Gasteiger partial charge in [0, 0.05) is 10.2 Å². The minimum atomic E-state index is -0.277. The molecular weight excluding hydrogens is 328 g/mol. The molecule has 0 unspecified atom stereocenters. The minimum absolute atomic E-state index is 0.277. The van der Waals surface area contributed by atoms with Crippen LogP contribution in [-0.4, -0.2) is 5.91 Å². The van der Waals surface area contributed by atoms with E-state index in [1.54, 1.807) is 30.3 Å². The number of anilines is 2. The number of nitrogens with two attached hydrogens (primary N) is 1. The van der Waals surface area contributed by atoms with E-state index >= 15 is 0 Å². The van der Waals surface area contributed by atoms with Gasteiger partial charge in [-0.15, -0.1) is 0 Å². The third-order valence-electron chi connectivity index (χ3n) is 2.75. The Kier molecular flexibility index (Phi) is 4.12. The number of nitrogen functional groups attached to an aromatic ring is 1. The first-order chi connectivity index (χ1) is 8.99. The van der Waals surface area contributed by atoms with Crippen molar-refractivity contribution in [3.8, 4) is 0 Å². The number of halogens is 2. The molecule has 3 N–H and O–H groups in total. The molecular formula is C14H12BrClN2O. The zero-order valence-electron chi connectivity index (χ0n) is 10.2. The van der Waals surface area contributed by atoms with Crippen molar-refractivity contribution >= 4 is 44.8 Å². The molecule has 5 heteroatoms. The molecule has 0 fully saturated rings. The highest BCUT2D eigenvalue weighted by molar-refractivity contribution is 9.10. The van der Waals surface area contributed by atoms with Crippen LogP contribution in [0.4, 0.5) is 11.4 Å². The SMILES string of the molecule is Cc1cccc(C(=O)Nc2cc(Br)ccc2Cl)c1N. The number of benzene rings is 2. The van der Waals surface area contributed by atoms with Gasteiger partial charge >= 0.3 is 0 Å². The summed E-state index contributed by atoms with van der Waals surface area (Å²) in [7, 11) is 0. The fourth-order valence-corrected chi connectivity index (χ4v) is 2.19. The maximum Gasteiger partial charge on any atom is 0.257 e. The van der Waals surface area contributed by atoms with E-state index in [4.69, 9.17) is 17.3 Å². The molecule has 1 amide bonds. The highest BCUT2D eigenvalue weighted by atomic mass is 79.9. The van der Waals surface area contributed by atoms with Gasteiger partial charge in [0.15, 0.2) is 0 Å². The maximum absolute atomic E-state index is 12.2. The zero-order valence-corrected chi connectivity index (χ0v) is 12.5. The molecule has 2 aromatic carbocycles. The zero-order chi connectivity index (χ0) is 14.0. The van der Waals surface area contributed by atoms with E-state index in [1.165, 1.54) is 0 Å². The predicted molar refractivity (Wildman–Crippen MR) is 82.7 cm³/mol. The van der Waals surface area contributed by atoms with Crippen molar-refractivity contribution < 1.29 is 4.79 Å². The molecule has 98 valence electrons. The van der Waals surface area contributed by atoms with E-state index in [2.05, 4.69) is 21.2 Å². The third kappa shape index (κ3) is 3.08. The summed E-state index contributed by atoms with van der Waals surface area (Å²) in [6, 6.07) is 10.6. The van der Waals surface area contributed by atoms with Gasteiger partial charge in [-0.2, -0.15) is 0 Å². The van der Waals surface area contributed by atoms with Crippen LogP contribution >= 0.6 is 27.5 Å². The molecule has 2 rings (SSSR count). The van der Waals surface area contributed by atoms with Gasteiger partial charge in [-0.1, -0.05) is 39.7 Å². The summed E-state index contributed by atoms with van der Waals surface area (Å²) in [5, 5.41) is 3.23. The smallest absolute Gasteiger partial charge is 0.257 e. The summed E-state index contributed by atoms with van der Waals surface area (Å²) in [5.74, 6) is -0.277. The molecule has 0 bridgehead atoms. The van der Waals surface area contributed by atoms with Gasteiger partial charge in [-0.25, -0.2) is 0 Å². The molecule has 0 spiro atoms. The van der Waals surface area contributed by atoms with Gasteiger partial charge in [0.25, 0.3) is 5.91 Å². The molecule has 0 aromatic heterocycles. The number of carbonyl (C=O) groups is 1. The summed E-state index contributed by atoms with van der Waals surface area (Å²) in [6.07, 6.45) is 0. The second kappa shape index (κ2) is 5.63. The second-order valence-electron chi connectivity index (χ2n) is 4.11. The molecule has 0 aliphatic heterocycles. The van der Waals surface area contributed by atoms with Crippen LogP contribution in [0.5, 0.6) is 0 Å². The van der Waals surface area contributed by atoms with Crippen LogP contribution in [0.2, 0.25) is 5.02 Å². The normalized spacial score (nSPS) is 10.3. The van der Waals surface area contributed by atoms with Crippen LogP contribution in [0.15, 0.2) is 40.9 Å². The molecule has 0 atom stereocenters. The Balaban J connectivity index is 2.31. The van der Waals surface area contributed by atoms with Crippen LogP contribution < -0.4 is 11.1 Å². The van der Waals surface area contributed by atoms with Gasteiger partial charge in [0.2, 0.25) is 0 Å². The van der Waals surface area contributed by atoms with E-state index in [9.17, 15) is 4.79 Å². The van der Waals surface area contributed by atoms with Gasteiger partial charge in [-0.3, -0.25) is 4.79 Å². The lowest BCUT2D eigenvalue weighted by molar-refractivity contribution is 0.102. The standard InChI is InChI=1S/C14H12BrClN2O/c1-8-3-2-4-10(13(8)17)14(19)18-12-7-9(15)5-6-11(12)16/h2-7H,17H2,1H3,(H,18,19). The number of amides is 1. The van der Waals surface area contributed by atoms with Crippen LogP contribution in [0.1, 0.15) is 15.9 Å². The Morgan fingerprint density at radius 1 is 1.32 bits per heavy atom. The molecule has 0 aliphatic carbocycles. The molecule has 19 heavy (non-hydrogen) atoms. The van der Waals surface area contributed by atoms with Gasteiger partial charge in [0.1, 0.15) is 0 Å². The minimum Gasteiger partial charge on any atom is -0.398 e. The molecule has 0 aliphatic rings. The lowest BCUT2D eigenvalue weighted by Crippen LogP contribution is -2.14. The number of para-hydroxylation sites is 1. The van der Waals surface area contributed by atoms with Crippen molar-refractivity contribution in [2.45, 2.75) is 6.92 Å². The Labute approximate surface area is 124 Å². The Hall–Kier alpha value is -1.52. The summed E-state index contributed by atoms with van der Waals surface area (Å²) >= 11 is 9.37. The number of aryl methyl sites for hydroxylation is 1. The average Bonchev–Trinajstić information content (AvgIpc) is 2.37. The monoisotopic (exact) mass is 338 g/mol. The van der Waals surface area contributed by atoms with E-state index in [0.29, 0.717) is 22.0 Å². The third-order valence-corrected chi connectivity index (χ3v) is 3.57. The van der Waals surface area contributed by atoms with Crippen molar-refractivity contribution in [1.82, 2.24) is 0 Å². The van der Waals surface area contributed by atoms with Crippen LogP contribution in [0, 0.1) is 6.92 Å². The van der Waals surface area contributed by atoms with E-state index < -0.39 is 0 Å². The first-order valence-electron chi connectivity index (χ1n) is 5.60. The fourth-order valence-electron chi connectivity index (χ4n) is 1.66. The summed E-state index contributed by atoms with van der Waals surface area (Å²) in [5.41, 5.74) is 8.23. The molecule has 0 heterocycles. The van der Waals surface area contributed by atoms with Gasteiger partial charge in [0.05, 0.1) is 16.3 Å². The van der Waals surface area contributed by atoms with Crippen LogP contribution in [-0.2, 0) is 0 Å². The molecule has 3 nitrogen and oxygen atoms in total. The number of rotatable bonds is 2. The fraction of sp³-hybridized carbons (Fsp3) is 0.0714. The first-order valence-corrected chi connectivity index (χ1v) is 6.77. The number of hydrogen-bond acceptors (Lipinski definition) is 2. The van der Waals surface area contributed by atoms with Crippen molar-refractivity contribution in [2.24, 2.45) is 0 Å². The molecule has 0 saturated carbocycles. The van der Waals surface area contributed by atoms with Crippen LogP contribution in [0.3, 0.4) is 0 Å². The maximum atomic E-state index is 12.2. The lowest BCUT2D eigenvalue weighted by Gasteiger charge is -2.10. The second-order valence-corrected chi connectivity index (χ2v) is 5.44. The Morgan fingerprint density at radius 2 is 2.05 bits per heavy atom. The lowest BCUT2D eigenvalue weighted by atomic mass is 10.1. The summed E-state index contributed by atoms with van der Waals surface area (Å²) in [6.45, 7) is 1.86.